The number of thioether (sulfide) groups is 1. The number of hydrogen-bond donors (Lipinski definition) is 0. The zero-order valence-electron chi connectivity index (χ0n) is 16.7. The van der Waals surface area contributed by atoms with Crippen molar-refractivity contribution in [2.24, 2.45) is 0 Å². The maximum Gasteiger partial charge on any atom is 0.191 e. The van der Waals surface area contributed by atoms with Crippen LogP contribution in [-0.2, 0) is 18.9 Å². The van der Waals surface area contributed by atoms with Crippen LogP contribution in [0.2, 0.25) is 10.0 Å². The first kappa shape index (κ1) is 22.8. The number of hydrogen-bond acceptors (Lipinski definition) is 6. The van der Waals surface area contributed by atoms with Crippen molar-refractivity contribution in [1.29, 1.82) is 0 Å². The van der Waals surface area contributed by atoms with E-state index in [2.05, 4.69) is 16.8 Å². The number of halogens is 3. The van der Waals surface area contributed by atoms with Crippen molar-refractivity contribution in [3.63, 3.8) is 0 Å². The second kappa shape index (κ2) is 10.5. The van der Waals surface area contributed by atoms with Gasteiger partial charge < -0.3 is 4.74 Å². The second-order valence-electron chi connectivity index (χ2n) is 6.58. The summed E-state index contributed by atoms with van der Waals surface area (Å²) >= 11 is 15.2. The number of nitrogens with zero attached hydrogens (tertiary/aromatic N) is 4. The quantitative estimate of drug-likeness (QED) is 0.182. The molecule has 2 aromatic heterocycles. The van der Waals surface area contributed by atoms with Crippen LogP contribution in [0, 0.1) is 5.82 Å². The number of allylic oxidation sites excluding steroid dienone is 1. The van der Waals surface area contributed by atoms with Crippen molar-refractivity contribution >= 4 is 46.3 Å². The molecular formula is C22H17Cl2FN4OS2. The molecule has 0 N–H and O–H groups in total. The lowest BCUT2D eigenvalue weighted by Crippen LogP contribution is -2.07. The van der Waals surface area contributed by atoms with E-state index in [1.165, 1.54) is 30.0 Å². The summed E-state index contributed by atoms with van der Waals surface area (Å²) in [6.45, 7) is 4.50. The molecule has 0 saturated carbocycles. The first-order valence-corrected chi connectivity index (χ1v) is 12.1. The number of ether oxygens (including phenoxy) is 1. The van der Waals surface area contributed by atoms with E-state index in [4.69, 9.17) is 32.9 Å². The van der Waals surface area contributed by atoms with E-state index in [1.807, 2.05) is 34.2 Å². The maximum absolute atomic E-state index is 13.3. The molecule has 10 heteroatoms. The molecule has 4 aromatic rings. The fourth-order valence-electron chi connectivity index (χ4n) is 2.83. The lowest BCUT2D eigenvalue weighted by Gasteiger charge is -2.09. The van der Waals surface area contributed by atoms with Gasteiger partial charge >= 0.3 is 0 Å². The SMILES string of the molecule is C=CCn1c(COc2ccc(F)c(Cl)c2)nnc1SCc1csc(-c2ccccc2Cl)n1. The molecular weight excluding hydrogens is 490 g/mol. The summed E-state index contributed by atoms with van der Waals surface area (Å²) in [5.74, 6) is 1.22. The van der Waals surface area contributed by atoms with Gasteiger partial charge in [-0.1, -0.05) is 59.2 Å². The highest BCUT2D eigenvalue weighted by atomic mass is 35.5. The molecule has 0 spiro atoms. The Labute approximate surface area is 202 Å². The predicted octanol–water partition coefficient (Wildman–Crippen LogP) is 6.90. The van der Waals surface area contributed by atoms with Crippen LogP contribution in [0.4, 0.5) is 4.39 Å². The van der Waals surface area contributed by atoms with Crippen LogP contribution in [0.25, 0.3) is 10.6 Å². The van der Waals surface area contributed by atoms with Gasteiger partial charge in [0.2, 0.25) is 0 Å². The molecule has 0 aliphatic rings. The van der Waals surface area contributed by atoms with Crippen molar-refractivity contribution in [3.8, 4) is 16.3 Å². The number of thiazole rings is 1. The van der Waals surface area contributed by atoms with Gasteiger partial charge in [-0.25, -0.2) is 9.37 Å². The van der Waals surface area contributed by atoms with Crippen molar-refractivity contribution < 1.29 is 9.13 Å². The van der Waals surface area contributed by atoms with Gasteiger partial charge in [0.25, 0.3) is 0 Å². The molecule has 164 valence electrons. The Bertz CT molecular complexity index is 1240. The van der Waals surface area contributed by atoms with Crippen LogP contribution in [-0.4, -0.2) is 19.7 Å². The van der Waals surface area contributed by atoms with Gasteiger partial charge in [0.15, 0.2) is 11.0 Å². The summed E-state index contributed by atoms with van der Waals surface area (Å²) in [5, 5.41) is 12.8. The summed E-state index contributed by atoms with van der Waals surface area (Å²) < 4.78 is 21.0. The van der Waals surface area contributed by atoms with Gasteiger partial charge in [0, 0.05) is 29.3 Å². The normalized spacial score (nSPS) is 11.0. The highest BCUT2D eigenvalue weighted by Crippen LogP contribution is 2.32. The topological polar surface area (TPSA) is 52.8 Å². The number of benzene rings is 2. The van der Waals surface area contributed by atoms with E-state index >= 15 is 0 Å². The largest absolute Gasteiger partial charge is 0.486 e. The summed E-state index contributed by atoms with van der Waals surface area (Å²) in [6.07, 6.45) is 1.77. The molecule has 4 rings (SSSR count). The number of rotatable bonds is 9. The molecule has 0 fully saturated rings. The Morgan fingerprint density at radius 2 is 2.00 bits per heavy atom. The Morgan fingerprint density at radius 3 is 2.78 bits per heavy atom. The highest BCUT2D eigenvalue weighted by Gasteiger charge is 2.15. The summed E-state index contributed by atoms with van der Waals surface area (Å²) in [5.41, 5.74) is 1.85. The van der Waals surface area contributed by atoms with E-state index in [0.717, 1.165) is 21.4 Å². The molecule has 2 aromatic carbocycles. The minimum Gasteiger partial charge on any atom is -0.486 e. The van der Waals surface area contributed by atoms with Crippen LogP contribution in [0.15, 0.2) is 65.7 Å². The van der Waals surface area contributed by atoms with Crippen LogP contribution >= 0.6 is 46.3 Å². The van der Waals surface area contributed by atoms with Crippen molar-refractivity contribution in [3.05, 3.63) is 87.9 Å². The van der Waals surface area contributed by atoms with E-state index in [1.54, 1.807) is 17.4 Å². The molecule has 5 nitrogen and oxygen atoms in total. The van der Waals surface area contributed by atoms with Crippen LogP contribution in [0.1, 0.15) is 11.5 Å². The van der Waals surface area contributed by atoms with E-state index in [0.29, 0.717) is 28.9 Å². The predicted molar refractivity (Wildman–Crippen MR) is 128 cm³/mol. The van der Waals surface area contributed by atoms with Crippen LogP contribution in [0.3, 0.4) is 0 Å². The lowest BCUT2D eigenvalue weighted by atomic mass is 10.2. The third-order valence-electron chi connectivity index (χ3n) is 4.37. The minimum absolute atomic E-state index is 0.00530. The van der Waals surface area contributed by atoms with Gasteiger partial charge in [0.05, 0.1) is 15.7 Å². The van der Waals surface area contributed by atoms with Crippen molar-refractivity contribution in [1.82, 2.24) is 19.7 Å². The Morgan fingerprint density at radius 1 is 1.16 bits per heavy atom. The average Bonchev–Trinajstić information content (AvgIpc) is 3.41. The monoisotopic (exact) mass is 506 g/mol. The Balaban J connectivity index is 1.44. The van der Waals surface area contributed by atoms with Gasteiger partial charge in [-0.15, -0.1) is 28.1 Å². The van der Waals surface area contributed by atoms with E-state index in [9.17, 15) is 4.39 Å². The first-order valence-electron chi connectivity index (χ1n) is 9.48. The number of aromatic nitrogens is 4. The van der Waals surface area contributed by atoms with E-state index in [-0.39, 0.29) is 11.6 Å². The molecule has 0 aliphatic heterocycles. The van der Waals surface area contributed by atoms with Crippen LogP contribution < -0.4 is 4.74 Å². The molecule has 0 unspecified atom stereocenters. The summed E-state index contributed by atoms with van der Waals surface area (Å²) in [4.78, 5) is 4.70. The van der Waals surface area contributed by atoms with Gasteiger partial charge in [0.1, 0.15) is 23.2 Å². The highest BCUT2D eigenvalue weighted by molar-refractivity contribution is 7.98. The zero-order chi connectivity index (χ0) is 22.5. The summed E-state index contributed by atoms with van der Waals surface area (Å²) in [7, 11) is 0. The van der Waals surface area contributed by atoms with Gasteiger partial charge in [-0.05, 0) is 18.2 Å². The fourth-order valence-corrected chi connectivity index (χ4v) is 5.10. The molecule has 0 radical (unpaired) electrons. The fraction of sp³-hybridized carbons (Fsp3) is 0.136. The molecule has 0 bridgehead atoms. The van der Waals surface area contributed by atoms with Crippen molar-refractivity contribution in [2.45, 2.75) is 24.1 Å². The van der Waals surface area contributed by atoms with Crippen LogP contribution in [0.5, 0.6) is 5.75 Å². The third kappa shape index (κ3) is 5.32. The molecule has 2 heterocycles. The van der Waals surface area contributed by atoms with Gasteiger partial charge in [-0.3, -0.25) is 4.57 Å². The zero-order valence-corrected chi connectivity index (χ0v) is 19.8. The molecule has 0 saturated heterocycles. The van der Waals surface area contributed by atoms with E-state index < -0.39 is 5.82 Å². The van der Waals surface area contributed by atoms with Gasteiger partial charge in [-0.2, -0.15) is 0 Å². The third-order valence-corrected chi connectivity index (χ3v) is 6.91. The molecule has 0 aliphatic carbocycles. The average molecular weight is 507 g/mol. The molecule has 32 heavy (non-hydrogen) atoms. The van der Waals surface area contributed by atoms with Crippen molar-refractivity contribution in [2.75, 3.05) is 0 Å². The maximum atomic E-state index is 13.3. The standard InChI is InChI=1S/C22H17Cl2FN4OS2/c1-2-9-29-20(11-30-15-7-8-19(25)18(24)10-15)27-28-22(29)32-13-14-12-31-21(26-14)16-5-3-4-6-17(16)23/h2-8,10,12H,1,9,11,13H2. The Hall–Kier alpha value is -2.39. The molecule has 0 amide bonds. The molecule has 0 atom stereocenters. The smallest absolute Gasteiger partial charge is 0.191 e. The minimum atomic E-state index is -0.493. The Kier molecular flexibility index (Phi) is 7.47. The summed E-state index contributed by atoms with van der Waals surface area (Å²) in [6, 6.07) is 11.9. The second-order valence-corrected chi connectivity index (χ2v) is 9.19. The lowest BCUT2D eigenvalue weighted by molar-refractivity contribution is 0.288. The first-order chi connectivity index (χ1) is 15.5.